The Hall–Kier alpha value is -2.66. The monoisotopic (exact) mass is 393 g/mol. The number of amides is 1. The van der Waals surface area contributed by atoms with Crippen LogP contribution in [0.5, 0.6) is 0 Å². The van der Waals surface area contributed by atoms with Crippen molar-refractivity contribution >= 4 is 29.7 Å². The molecule has 12 heteroatoms. The van der Waals surface area contributed by atoms with Gasteiger partial charge in [0.2, 0.25) is 5.69 Å². The fraction of sp³-hybridized carbons (Fsp3) is 0.286. The molecule has 0 aliphatic heterocycles. The molecule has 0 spiro atoms. The first-order chi connectivity index (χ1) is 11.5. The molecule has 0 bridgehead atoms. The lowest BCUT2D eigenvalue weighted by Gasteiger charge is -2.12. The fourth-order valence-electron chi connectivity index (χ4n) is 2.36. The van der Waals surface area contributed by atoms with Gasteiger partial charge in [0.05, 0.1) is 10.5 Å². The molecular formula is C14H15ClF3N5O3. The molecule has 1 amide bonds. The van der Waals surface area contributed by atoms with Crippen molar-refractivity contribution in [3.8, 4) is 0 Å². The van der Waals surface area contributed by atoms with Crippen molar-refractivity contribution < 1.29 is 22.9 Å². The Kier molecular flexibility index (Phi) is 6.34. The Labute approximate surface area is 151 Å². The summed E-state index contributed by atoms with van der Waals surface area (Å²) in [7, 11) is 1.33. The number of aryl methyl sites for hydroxylation is 2. The maximum absolute atomic E-state index is 12.9. The van der Waals surface area contributed by atoms with Crippen LogP contribution in [0.2, 0.25) is 0 Å². The summed E-state index contributed by atoms with van der Waals surface area (Å²) in [6.45, 7) is 1.18. The average Bonchev–Trinajstić information content (AvgIpc) is 2.80. The molecule has 1 heterocycles. The van der Waals surface area contributed by atoms with E-state index in [0.29, 0.717) is 0 Å². The number of nitrogens with two attached hydrogens (primary N) is 1. The van der Waals surface area contributed by atoms with E-state index in [-0.39, 0.29) is 41.6 Å². The lowest BCUT2D eigenvalue weighted by Crippen LogP contribution is -2.18. The van der Waals surface area contributed by atoms with Crippen LogP contribution in [0.25, 0.3) is 0 Å². The molecular weight excluding hydrogens is 379 g/mol. The number of carbonyl (C=O) groups is 1. The molecule has 26 heavy (non-hydrogen) atoms. The minimum absolute atomic E-state index is 0. The number of nitro groups is 1. The van der Waals surface area contributed by atoms with Gasteiger partial charge < -0.3 is 11.1 Å². The maximum Gasteiger partial charge on any atom is 0.416 e. The Balaban J connectivity index is 0.00000338. The van der Waals surface area contributed by atoms with Gasteiger partial charge in [0.25, 0.3) is 5.91 Å². The van der Waals surface area contributed by atoms with Gasteiger partial charge in [-0.15, -0.1) is 12.4 Å². The zero-order valence-corrected chi connectivity index (χ0v) is 14.4. The molecule has 3 N–H and O–H groups in total. The third-order valence-corrected chi connectivity index (χ3v) is 3.40. The standard InChI is InChI=1S/C14H14F3N5O3.ClH/c1-7-11(22(24)25)12(21(2)20-7)13(23)19-10-4-8(6-18)3-9(5-10)14(15,16)17;/h3-5H,6,18H2,1-2H3,(H,19,23);1H. The van der Waals surface area contributed by atoms with E-state index >= 15 is 0 Å². The van der Waals surface area contributed by atoms with Gasteiger partial charge in [-0.3, -0.25) is 19.6 Å². The Morgan fingerprint density at radius 3 is 2.50 bits per heavy atom. The van der Waals surface area contributed by atoms with Crippen molar-refractivity contribution in [2.75, 3.05) is 5.32 Å². The fourth-order valence-corrected chi connectivity index (χ4v) is 2.36. The first-order valence-corrected chi connectivity index (χ1v) is 6.95. The van der Waals surface area contributed by atoms with Crippen LogP contribution < -0.4 is 11.1 Å². The third-order valence-electron chi connectivity index (χ3n) is 3.40. The van der Waals surface area contributed by atoms with Crippen LogP contribution in [0.1, 0.15) is 27.3 Å². The van der Waals surface area contributed by atoms with Crippen molar-refractivity contribution in [3.63, 3.8) is 0 Å². The third kappa shape index (κ3) is 4.29. The number of hydrogen-bond acceptors (Lipinski definition) is 5. The van der Waals surface area contributed by atoms with Gasteiger partial charge in [0.15, 0.2) is 0 Å². The van der Waals surface area contributed by atoms with Crippen LogP contribution >= 0.6 is 12.4 Å². The highest BCUT2D eigenvalue weighted by atomic mass is 35.5. The van der Waals surface area contributed by atoms with Gasteiger partial charge in [-0.25, -0.2) is 0 Å². The highest BCUT2D eigenvalue weighted by Crippen LogP contribution is 2.32. The van der Waals surface area contributed by atoms with Gasteiger partial charge in [-0.2, -0.15) is 18.3 Å². The second-order valence-corrected chi connectivity index (χ2v) is 5.24. The predicted octanol–water partition coefficient (Wildman–Crippen LogP) is 2.79. The minimum atomic E-state index is -4.63. The Morgan fingerprint density at radius 1 is 1.38 bits per heavy atom. The summed E-state index contributed by atoms with van der Waals surface area (Å²) >= 11 is 0. The van der Waals surface area contributed by atoms with Crippen molar-refractivity contribution in [3.05, 3.63) is 50.8 Å². The van der Waals surface area contributed by atoms with Crippen LogP contribution in [0, 0.1) is 17.0 Å². The number of alkyl halides is 3. The molecule has 0 fully saturated rings. The smallest absolute Gasteiger partial charge is 0.326 e. The molecule has 2 rings (SSSR count). The Bertz CT molecular complexity index is 851. The first-order valence-electron chi connectivity index (χ1n) is 6.95. The molecule has 0 radical (unpaired) electrons. The second kappa shape index (κ2) is 7.70. The SMILES string of the molecule is Cc1nn(C)c(C(=O)Nc2cc(CN)cc(C(F)(F)F)c2)c1[N+](=O)[O-].Cl. The summed E-state index contributed by atoms with van der Waals surface area (Å²) in [5, 5.41) is 17.1. The van der Waals surface area contributed by atoms with Crippen molar-refractivity contribution in [2.45, 2.75) is 19.6 Å². The topological polar surface area (TPSA) is 116 Å². The molecule has 0 aliphatic rings. The van der Waals surface area contributed by atoms with Crippen LogP contribution in [-0.2, 0) is 19.8 Å². The second-order valence-electron chi connectivity index (χ2n) is 5.24. The van der Waals surface area contributed by atoms with Crippen LogP contribution in [0.3, 0.4) is 0 Å². The maximum atomic E-state index is 12.9. The van der Waals surface area contributed by atoms with E-state index in [0.717, 1.165) is 16.8 Å². The summed E-state index contributed by atoms with van der Waals surface area (Å²) in [5.41, 5.74) is 3.52. The molecule has 0 unspecified atom stereocenters. The van der Waals surface area contributed by atoms with Gasteiger partial charge in [0, 0.05) is 19.3 Å². The summed E-state index contributed by atoms with van der Waals surface area (Å²) in [5.74, 6) is -0.947. The molecule has 1 aromatic heterocycles. The minimum Gasteiger partial charge on any atom is -0.326 e. The van der Waals surface area contributed by atoms with E-state index in [1.54, 1.807) is 0 Å². The van der Waals surface area contributed by atoms with Crippen molar-refractivity contribution in [2.24, 2.45) is 12.8 Å². The summed E-state index contributed by atoms with van der Waals surface area (Å²) < 4.78 is 39.8. The molecule has 0 saturated carbocycles. The number of nitrogens with one attached hydrogen (secondary N) is 1. The van der Waals surface area contributed by atoms with Crippen LogP contribution in [0.15, 0.2) is 18.2 Å². The number of nitrogens with zero attached hydrogens (tertiary/aromatic N) is 3. The summed E-state index contributed by atoms with van der Waals surface area (Å²) in [4.78, 5) is 22.7. The molecule has 0 aliphatic carbocycles. The number of carbonyl (C=O) groups excluding carboxylic acids is 1. The molecule has 0 saturated heterocycles. The van der Waals surface area contributed by atoms with E-state index in [9.17, 15) is 28.1 Å². The highest BCUT2D eigenvalue weighted by Gasteiger charge is 2.32. The Morgan fingerprint density at radius 2 is 2.00 bits per heavy atom. The molecule has 142 valence electrons. The number of hydrogen-bond donors (Lipinski definition) is 2. The van der Waals surface area contributed by atoms with Crippen molar-refractivity contribution in [1.82, 2.24) is 9.78 Å². The first kappa shape index (κ1) is 21.4. The highest BCUT2D eigenvalue weighted by molar-refractivity contribution is 6.06. The zero-order valence-electron chi connectivity index (χ0n) is 13.6. The van der Waals surface area contributed by atoms with E-state index in [1.807, 2.05) is 0 Å². The van der Waals surface area contributed by atoms with Gasteiger partial charge in [-0.05, 0) is 30.7 Å². The predicted molar refractivity (Wildman–Crippen MR) is 89.1 cm³/mol. The summed E-state index contributed by atoms with van der Waals surface area (Å²) in [6.07, 6.45) is -4.63. The van der Waals surface area contributed by atoms with E-state index in [2.05, 4.69) is 10.4 Å². The normalized spacial score (nSPS) is 11.0. The summed E-state index contributed by atoms with van der Waals surface area (Å²) in [6, 6.07) is 2.86. The van der Waals surface area contributed by atoms with Gasteiger partial charge in [-0.1, -0.05) is 0 Å². The number of rotatable bonds is 4. The molecule has 0 atom stereocenters. The largest absolute Gasteiger partial charge is 0.416 e. The number of aromatic nitrogens is 2. The van der Waals surface area contributed by atoms with Gasteiger partial charge >= 0.3 is 11.9 Å². The number of anilines is 1. The van der Waals surface area contributed by atoms with Crippen LogP contribution in [0.4, 0.5) is 24.5 Å². The zero-order chi connectivity index (χ0) is 18.9. The number of halogens is 4. The number of benzene rings is 1. The average molecular weight is 394 g/mol. The lowest BCUT2D eigenvalue weighted by atomic mass is 10.1. The van der Waals surface area contributed by atoms with E-state index < -0.39 is 28.3 Å². The van der Waals surface area contributed by atoms with E-state index in [1.165, 1.54) is 20.0 Å². The molecule has 8 nitrogen and oxygen atoms in total. The molecule has 1 aromatic carbocycles. The van der Waals surface area contributed by atoms with E-state index in [4.69, 9.17) is 5.73 Å². The molecule has 2 aromatic rings. The van der Waals surface area contributed by atoms with Crippen molar-refractivity contribution in [1.29, 1.82) is 0 Å². The van der Waals surface area contributed by atoms with Crippen LogP contribution in [-0.4, -0.2) is 20.6 Å². The lowest BCUT2D eigenvalue weighted by molar-refractivity contribution is -0.385. The van der Waals surface area contributed by atoms with Gasteiger partial charge in [0.1, 0.15) is 5.69 Å². The quantitative estimate of drug-likeness (QED) is 0.612.